The first kappa shape index (κ1) is 32.6. The molecule has 282 valence electrons. The Morgan fingerprint density at radius 2 is 0.644 bits per heavy atom. The molecule has 9 heteroatoms. The molecule has 0 saturated carbocycles. The van der Waals surface area contributed by atoms with Crippen LogP contribution in [0.2, 0.25) is 0 Å². The number of fused-ring (bicyclic) bond motifs is 13. The molecule has 5 heterocycles. The zero-order chi connectivity index (χ0) is 39.1. The Morgan fingerprint density at radius 1 is 0.356 bits per heavy atom. The van der Waals surface area contributed by atoms with Crippen molar-refractivity contribution in [3.05, 3.63) is 204 Å². The lowest BCUT2D eigenvalue weighted by Crippen LogP contribution is -2.44. The number of sulfone groups is 1. The molecule has 0 bridgehead atoms. The largest absolute Gasteiger partial charge is 0.353 e. The first-order valence-corrected chi connectivity index (χ1v) is 21.3. The van der Waals surface area contributed by atoms with Crippen molar-refractivity contribution in [1.29, 1.82) is 0 Å². The van der Waals surface area contributed by atoms with E-state index < -0.39 is 21.2 Å². The molecule has 0 atom stereocenters. The van der Waals surface area contributed by atoms with Crippen LogP contribution in [-0.4, -0.2) is 8.42 Å². The van der Waals surface area contributed by atoms with Gasteiger partial charge in [-0.05, 0) is 72.8 Å². The molecule has 5 aliphatic heterocycles. The van der Waals surface area contributed by atoms with E-state index in [0.29, 0.717) is 20.9 Å². The molecule has 0 saturated heterocycles. The molecule has 0 unspecified atom stereocenters. The number of nitrogens with zero attached hydrogens (tertiary/aromatic N) is 2. The van der Waals surface area contributed by atoms with Crippen molar-refractivity contribution >= 4 is 66.7 Å². The van der Waals surface area contributed by atoms with Gasteiger partial charge in [0, 0.05) is 44.8 Å². The standard InChI is InChI=1S/C50H34N6O2S/c57-59(58)47-29-41-39(51-49(53-41)35-19-7-11-23-43(35)55(31-15-3-1-4-16-31)44-24-12-8-20-36(44)49)27-33(47)34-28-40-42(30-48(34)59)54-50(52-40)37-21-9-13-25-45(37)56(32-17-5-2-6-18-32)46-26-14-10-22-38(46)50/h1-30,51-54H. The molecule has 59 heavy (non-hydrogen) atoms. The first-order chi connectivity index (χ1) is 28.9. The molecule has 5 aliphatic rings. The lowest BCUT2D eigenvalue weighted by molar-refractivity contribution is 0.598. The minimum Gasteiger partial charge on any atom is -0.353 e. The zero-order valence-electron chi connectivity index (χ0n) is 31.4. The van der Waals surface area contributed by atoms with Gasteiger partial charge in [-0.3, -0.25) is 0 Å². The smallest absolute Gasteiger partial charge is 0.207 e. The van der Waals surface area contributed by atoms with Crippen LogP contribution in [0.4, 0.5) is 56.9 Å². The summed E-state index contributed by atoms with van der Waals surface area (Å²) in [6, 6.07) is 62.0. The van der Waals surface area contributed by atoms with Crippen molar-refractivity contribution in [2.75, 3.05) is 31.1 Å². The highest BCUT2D eigenvalue weighted by molar-refractivity contribution is 7.92. The summed E-state index contributed by atoms with van der Waals surface area (Å²) in [7, 11) is -3.88. The van der Waals surface area contributed by atoms with Crippen molar-refractivity contribution < 1.29 is 8.42 Å². The molecular weight excluding hydrogens is 749 g/mol. The summed E-state index contributed by atoms with van der Waals surface area (Å²) in [6.07, 6.45) is 0. The maximum Gasteiger partial charge on any atom is 0.207 e. The molecule has 8 aromatic carbocycles. The van der Waals surface area contributed by atoms with Crippen LogP contribution in [0.15, 0.2) is 192 Å². The molecule has 0 aromatic heterocycles. The normalized spacial score (nSPS) is 16.8. The number of rotatable bonds is 2. The summed E-state index contributed by atoms with van der Waals surface area (Å²) >= 11 is 0. The van der Waals surface area contributed by atoms with E-state index >= 15 is 0 Å². The number of nitrogens with one attached hydrogen (secondary N) is 4. The van der Waals surface area contributed by atoms with Crippen LogP contribution in [0.25, 0.3) is 11.1 Å². The Morgan fingerprint density at radius 3 is 0.983 bits per heavy atom. The topological polar surface area (TPSA) is 88.7 Å². The lowest BCUT2D eigenvalue weighted by Gasteiger charge is -2.44. The number of benzene rings is 8. The van der Waals surface area contributed by atoms with E-state index in [1.165, 1.54) is 0 Å². The summed E-state index contributed by atoms with van der Waals surface area (Å²) < 4.78 is 29.4. The monoisotopic (exact) mass is 782 g/mol. The number of para-hydroxylation sites is 6. The van der Waals surface area contributed by atoms with Crippen molar-refractivity contribution in [2.24, 2.45) is 0 Å². The molecule has 0 radical (unpaired) electrons. The lowest BCUT2D eigenvalue weighted by atomic mass is 9.84. The van der Waals surface area contributed by atoms with Gasteiger partial charge in [-0.25, -0.2) is 8.42 Å². The second-order valence-electron chi connectivity index (χ2n) is 15.7. The average Bonchev–Trinajstić information content (AvgIpc) is 3.91. The zero-order valence-corrected chi connectivity index (χ0v) is 32.3. The fourth-order valence-electron chi connectivity index (χ4n) is 10.2. The van der Waals surface area contributed by atoms with E-state index in [2.05, 4.69) is 177 Å². The van der Waals surface area contributed by atoms with Gasteiger partial charge in [0.25, 0.3) is 0 Å². The van der Waals surface area contributed by atoms with Crippen LogP contribution in [0, 0.1) is 0 Å². The van der Waals surface area contributed by atoms with Gasteiger partial charge < -0.3 is 31.1 Å². The number of anilines is 10. The van der Waals surface area contributed by atoms with Crippen molar-refractivity contribution in [3.63, 3.8) is 0 Å². The van der Waals surface area contributed by atoms with Crippen molar-refractivity contribution in [2.45, 2.75) is 21.1 Å². The number of hydrogen-bond donors (Lipinski definition) is 4. The van der Waals surface area contributed by atoms with E-state index in [4.69, 9.17) is 0 Å². The van der Waals surface area contributed by atoms with E-state index in [-0.39, 0.29) is 0 Å². The van der Waals surface area contributed by atoms with Gasteiger partial charge in [-0.2, -0.15) is 0 Å². The van der Waals surface area contributed by atoms with Gasteiger partial charge in [0.2, 0.25) is 9.84 Å². The molecule has 2 spiro atoms. The van der Waals surface area contributed by atoms with Crippen molar-refractivity contribution in [1.82, 2.24) is 0 Å². The molecule has 0 amide bonds. The predicted octanol–water partition coefficient (Wildman–Crippen LogP) is 11.5. The van der Waals surface area contributed by atoms with Gasteiger partial charge >= 0.3 is 0 Å². The minimum absolute atomic E-state index is 0.297. The predicted molar refractivity (Wildman–Crippen MR) is 236 cm³/mol. The van der Waals surface area contributed by atoms with Gasteiger partial charge in [0.05, 0.1) is 55.3 Å². The third-order valence-corrected chi connectivity index (χ3v) is 14.5. The van der Waals surface area contributed by atoms with Crippen LogP contribution >= 0.6 is 0 Å². The van der Waals surface area contributed by atoms with Gasteiger partial charge in [0.1, 0.15) is 0 Å². The fraction of sp³-hybridized carbons (Fsp3) is 0.0400. The van der Waals surface area contributed by atoms with Crippen LogP contribution < -0.4 is 31.1 Å². The molecule has 4 N–H and O–H groups in total. The third kappa shape index (κ3) is 4.19. The second kappa shape index (κ2) is 11.3. The van der Waals surface area contributed by atoms with Crippen molar-refractivity contribution in [3.8, 4) is 11.1 Å². The number of hydrogen-bond acceptors (Lipinski definition) is 8. The van der Waals surface area contributed by atoms with Crippen LogP contribution in [-0.2, 0) is 21.2 Å². The SMILES string of the molecule is O=S1(=O)c2cc3c(cc2-c2cc4c(cc21)NC1(N4)c2ccccc2N(c2ccccc2)c2ccccc21)NC1(N3)c2ccccc2N(c2ccccc2)c2ccccc21. The molecule has 0 aliphatic carbocycles. The van der Waals surface area contributed by atoms with Gasteiger partial charge in [0.15, 0.2) is 11.3 Å². The minimum atomic E-state index is -3.88. The van der Waals surface area contributed by atoms with Gasteiger partial charge in [-0.15, -0.1) is 0 Å². The maximum atomic E-state index is 14.7. The molecule has 13 rings (SSSR count). The Balaban J connectivity index is 0.931. The van der Waals surface area contributed by atoms with E-state index in [9.17, 15) is 8.42 Å². The third-order valence-electron chi connectivity index (χ3n) is 12.6. The second-order valence-corrected chi connectivity index (χ2v) is 17.6. The van der Waals surface area contributed by atoms with E-state index in [1.807, 2.05) is 36.4 Å². The maximum absolute atomic E-state index is 14.7. The summed E-state index contributed by atoms with van der Waals surface area (Å²) in [5.74, 6) is 0. The first-order valence-electron chi connectivity index (χ1n) is 19.8. The summed E-state index contributed by atoms with van der Waals surface area (Å²) in [5, 5.41) is 15.4. The summed E-state index contributed by atoms with van der Waals surface area (Å²) in [6.45, 7) is 0. The Labute approximate surface area is 341 Å². The highest BCUT2D eigenvalue weighted by Crippen LogP contribution is 2.60. The van der Waals surface area contributed by atoms with Crippen LogP contribution in [0.1, 0.15) is 22.3 Å². The van der Waals surface area contributed by atoms with Crippen LogP contribution in [0.3, 0.4) is 0 Å². The van der Waals surface area contributed by atoms with Crippen LogP contribution in [0.5, 0.6) is 0 Å². The summed E-state index contributed by atoms with van der Waals surface area (Å²) in [5.41, 5.74) is 13.3. The Bertz CT molecular complexity index is 2920. The average molecular weight is 783 g/mol. The van der Waals surface area contributed by atoms with E-state index in [0.717, 1.165) is 79.1 Å². The fourth-order valence-corrected chi connectivity index (χ4v) is 11.9. The van der Waals surface area contributed by atoms with E-state index in [1.54, 1.807) is 0 Å². The Kier molecular flexibility index (Phi) is 6.26. The summed E-state index contributed by atoms with van der Waals surface area (Å²) in [4.78, 5) is 5.18. The molecule has 0 fully saturated rings. The van der Waals surface area contributed by atoms with Gasteiger partial charge in [-0.1, -0.05) is 109 Å². The molecule has 8 aromatic rings. The molecule has 8 nitrogen and oxygen atoms in total. The Hall–Kier alpha value is -7.49. The quantitative estimate of drug-likeness (QED) is 0.138. The highest BCUT2D eigenvalue weighted by atomic mass is 32.2. The highest BCUT2D eigenvalue weighted by Gasteiger charge is 2.51. The molecular formula is C50H34N6O2S.